The van der Waals surface area contributed by atoms with Crippen LogP contribution in [0.5, 0.6) is 0 Å². The van der Waals surface area contributed by atoms with Crippen molar-refractivity contribution in [3.8, 4) is 0 Å². The lowest BCUT2D eigenvalue weighted by Crippen LogP contribution is -2.42. The average molecular weight is 261 g/mol. The van der Waals surface area contributed by atoms with E-state index in [-0.39, 0.29) is 0 Å². The third-order valence-electron chi connectivity index (χ3n) is 2.11. The molecule has 0 radical (unpaired) electrons. The van der Waals surface area contributed by atoms with Gasteiger partial charge in [0.05, 0.1) is 0 Å². The highest BCUT2D eigenvalue weighted by molar-refractivity contribution is 5.71. The summed E-state index contributed by atoms with van der Waals surface area (Å²) in [7, 11) is 2.00. The zero-order chi connectivity index (χ0) is 13.8. The SMILES string of the molecule is CN(CCCNNC(N)=O)CCCNNC(N)=O. The number of urea groups is 2. The van der Waals surface area contributed by atoms with Crippen molar-refractivity contribution in [2.75, 3.05) is 33.2 Å². The number of hydrogen-bond acceptors (Lipinski definition) is 5. The lowest BCUT2D eigenvalue weighted by Gasteiger charge is -2.16. The minimum Gasteiger partial charge on any atom is -0.351 e. The standard InChI is InChI=1S/C9H23N7O2/c1-16(6-2-4-12-14-8(10)17)7-3-5-13-15-9(11)18/h12-13H,2-7H2,1H3,(H3,10,14,17)(H3,11,15,18). The summed E-state index contributed by atoms with van der Waals surface area (Å²) < 4.78 is 0. The Labute approximate surface area is 107 Å². The predicted molar refractivity (Wildman–Crippen MR) is 68.2 cm³/mol. The van der Waals surface area contributed by atoms with Gasteiger partial charge in [0, 0.05) is 13.1 Å². The molecule has 0 aliphatic rings. The van der Waals surface area contributed by atoms with Gasteiger partial charge < -0.3 is 16.4 Å². The monoisotopic (exact) mass is 261 g/mol. The fraction of sp³-hybridized carbons (Fsp3) is 0.778. The van der Waals surface area contributed by atoms with Crippen LogP contribution in [0.3, 0.4) is 0 Å². The van der Waals surface area contributed by atoms with E-state index >= 15 is 0 Å². The molecule has 9 heteroatoms. The second kappa shape index (κ2) is 10.6. The van der Waals surface area contributed by atoms with Gasteiger partial charge in [-0.05, 0) is 33.0 Å². The smallest absolute Gasteiger partial charge is 0.326 e. The molecule has 0 aliphatic carbocycles. The van der Waals surface area contributed by atoms with E-state index < -0.39 is 12.1 Å². The molecule has 0 saturated carbocycles. The van der Waals surface area contributed by atoms with E-state index in [0.29, 0.717) is 13.1 Å². The normalized spacial score (nSPS) is 10.3. The number of carbonyl (C=O) groups is 2. The summed E-state index contributed by atoms with van der Waals surface area (Å²) in [5.41, 5.74) is 19.8. The van der Waals surface area contributed by atoms with Gasteiger partial charge in [0.2, 0.25) is 0 Å². The Hall–Kier alpha value is -1.58. The van der Waals surface area contributed by atoms with E-state index in [1.165, 1.54) is 0 Å². The highest BCUT2D eigenvalue weighted by atomic mass is 16.2. The molecule has 0 bridgehead atoms. The summed E-state index contributed by atoms with van der Waals surface area (Å²) in [6, 6.07) is -1.17. The largest absolute Gasteiger partial charge is 0.351 e. The van der Waals surface area contributed by atoms with Crippen LogP contribution in [0.25, 0.3) is 0 Å². The second-order valence-corrected chi connectivity index (χ2v) is 3.84. The minimum atomic E-state index is -0.587. The Bertz CT molecular complexity index is 225. The molecular formula is C9H23N7O2. The van der Waals surface area contributed by atoms with Gasteiger partial charge in [-0.3, -0.25) is 10.9 Å². The maximum Gasteiger partial charge on any atom is 0.326 e. The van der Waals surface area contributed by atoms with Crippen molar-refractivity contribution >= 4 is 12.1 Å². The van der Waals surface area contributed by atoms with Gasteiger partial charge in [-0.1, -0.05) is 0 Å². The summed E-state index contributed by atoms with van der Waals surface area (Å²) in [4.78, 5) is 22.8. The third-order valence-corrected chi connectivity index (χ3v) is 2.11. The first-order valence-corrected chi connectivity index (χ1v) is 5.77. The highest BCUT2D eigenvalue weighted by Gasteiger charge is 1.98. The van der Waals surface area contributed by atoms with Gasteiger partial charge >= 0.3 is 12.1 Å². The quantitative estimate of drug-likeness (QED) is 0.200. The molecule has 0 aromatic carbocycles. The zero-order valence-corrected chi connectivity index (χ0v) is 10.7. The van der Waals surface area contributed by atoms with Crippen LogP contribution in [-0.4, -0.2) is 50.2 Å². The van der Waals surface area contributed by atoms with Gasteiger partial charge in [-0.25, -0.2) is 20.4 Å². The van der Waals surface area contributed by atoms with Gasteiger partial charge in [-0.15, -0.1) is 0 Å². The molecule has 0 spiro atoms. The number of amides is 4. The fourth-order valence-corrected chi connectivity index (χ4v) is 1.29. The summed E-state index contributed by atoms with van der Waals surface area (Å²) in [6.45, 7) is 3.12. The van der Waals surface area contributed by atoms with Gasteiger partial charge in [-0.2, -0.15) is 0 Å². The summed E-state index contributed by atoms with van der Waals surface area (Å²) >= 11 is 0. The number of hydrazine groups is 2. The number of nitrogens with two attached hydrogens (primary N) is 2. The Balaban J connectivity index is 3.24. The van der Waals surface area contributed by atoms with Crippen LogP contribution in [0.15, 0.2) is 0 Å². The number of nitrogens with zero attached hydrogens (tertiary/aromatic N) is 1. The van der Waals surface area contributed by atoms with Crippen molar-refractivity contribution in [2.45, 2.75) is 12.8 Å². The Kier molecular flexibility index (Phi) is 9.64. The molecule has 18 heavy (non-hydrogen) atoms. The van der Waals surface area contributed by atoms with Crippen LogP contribution in [0.1, 0.15) is 12.8 Å². The van der Waals surface area contributed by atoms with Crippen molar-refractivity contribution < 1.29 is 9.59 Å². The minimum absolute atomic E-state index is 0.587. The molecule has 8 N–H and O–H groups in total. The molecule has 9 nitrogen and oxygen atoms in total. The van der Waals surface area contributed by atoms with Crippen LogP contribution in [0.2, 0.25) is 0 Å². The van der Waals surface area contributed by atoms with Crippen molar-refractivity contribution in [1.82, 2.24) is 26.6 Å². The number of rotatable bonds is 10. The van der Waals surface area contributed by atoms with E-state index in [2.05, 4.69) is 26.6 Å². The Morgan fingerprint density at radius 1 is 0.944 bits per heavy atom. The molecule has 4 amide bonds. The van der Waals surface area contributed by atoms with E-state index in [1.807, 2.05) is 7.05 Å². The highest BCUT2D eigenvalue weighted by Crippen LogP contribution is 1.88. The molecule has 0 unspecified atom stereocenters. The molecule has 0 fully saturated rings. The zero-order valence-electron chi connectivity index (χ0n) is 10.7. The lowest BCUT2D eigenvalue weighted by molar-refractivity contribution is 0.244. The van der Waals surface area contributed by atoms with E-state index in [0.717, 1.165) is 25.9 Å². The third kappa shape index (κ3) is 12.5. The maximum absolute atomic E-state index is 10.3. The predicted octanol–water partition coefficient (Wildman–Crippen LogP) is -1.96. The van der Waals surface area contributed by atoms with Crippen LogP contribution in [-0.2, 0) is 0 Å². The molecule has 0 saturated heterocycles. The fourth-order valence-electron chi connectivity index (χ4n) is 1.29. The number of primary amides is 2. The molecule has 0 rings (SSSR count). The topological polar surface area (TPSA) is 138 Å². The van der Waals surface area contributed by atoms with Crippen LogP contribution in [0, 0.1) is 0 Å². The van der Waals surface area contributed by atoms with Crippen molar-refractivity contribution in [1.29, 1.82) is 0 Å². The van der Waals surface area contributed by atoms with Gasteiger partial charge in [0.1, 0.15) is 0 Å². The second-order valence-electron chi connectivity index (χ2n) is 3.84. The molecule has 0 heterocycles. The van der Waals surface area contributed by atoms with Gasteiger partial charge in [0.25, 0.3) is 0 Å². The van der Waals surface area contributed by atoms with Crippen LogP contribution >= 0.6 is 0 Å². The summed E-state index contributed by atoms with van der Waals surface area (Å²) in [6.07, 6.45) is 1.79. The average Bonchev–Trinajstić information content (AvgIpc) is 2.27. The van der Waals surface area contributed by atoms with E-state index in [9.17, 15) is 9.59 Å². The molecule has 0 aliphatic heterocycles. The summed E-state index contributed by atoms with van der Waals surface area (Å²) in [5, 5.41) is 0. The maximum atomic E-state index is 10.3. The van der Waals surface area contributed by atoms with E-state index in [4.69, 9.17) is 11.5 Å². The van der Waals surface area contributed by atoms with Crippen LogP contribution in [0.4, 0.5) is 9.59 Å². The summed E-state index contributed by atoms with van der Waals surface area (Å²) in [5.74, 6) is 0. The van der Waals surface area contributed by atoms with Crippen molar-refractivity contribution in [2.24, 2.45) is 11.5 Å². The first kappa shape index (κ1) is 16.4. The molecule has 0 aromatic heterocycles. The molecule has 0 atom stereocenters. The number of carbonyl (C=O) groups excluding carboxylic acids is 2. The van der Waals surface area contributed by atoms with Crippen molar-refractivity contribution in [3.05, 3.63) is 0 Å². The van der Waals surface area contributed by atoms with Gasteiger partial charge in [0.15, 0.2) is 0 Å². The molecular weight excluding hydrogens is 238 g/mol. The first-order valence-electron chi connectivity index (χ1n) is 5.77. The Morgan fingerprint density at radius 3 is 1.67 bits per heavy atom. The molecule has 0 aromatic rings. The van der Waals surface area contributed by atoms with E-state index in [1.54, 1.807) is 0 Å². The first-order chi connectivity index (χ1) is 8.52. The van der Waals surface area contributed by atoms with Crippen molar-refractivity contribution in [3.63, 3.8) is 0 Å². The Morgan fingerprint density at radius 2 is 1.33 bits per heavy atom. The molecule has 106 valence electrons. The number of nitrogens with one attached hydrogen (secondary N) is 4. The lowest BCUT2D eigenvalue weighted by atomic mass is 10.3. The number of hydrogen-bond donors (Lipinski definition) is 6. The van der Waals surface area contributed by atoms with Crippen LogP contribution < -0.4 is 33.2 Å².